The largest absolute Gasteiger partial charge is 0.475 e. The summed E-state index contributed by atoms with van der Waals surface area (Å²) in [6.45, 7) is 1.69. The van der Waals surface area contributed by atoms with Gasteiger partial charge in [-0.15, -0.1) is 0 Å². The molecule has 17 heavy (non-hydrogen) atoms. The Morgan fingerprint density at radius 2 is 2.12 bits per heavy atom. The van der Waals surface area contributed by atoms with Gasteiger partial charge in [0.2, 0.25) is 5.76 Å². The number of aromatic nitrogens is 1. The topological polar surface area (TPSA) is 63.3 Å². The zero-order valence-electron chi connectivity index (χ0n) is 8.91. The van der Waals surface area contributed by atoms with Crippen molar-refractivity contribution in [2.45, 2.75) is 31.9 Å². The minimum absolute atomic E-state index is 0.141. The Hall–Kier alpha value is -1.53. The average molecular weight is 249 g/mol. The molecule has 1 aliphatic rings. The molecule has 1 aromatic rings. The molecule has 0 bridgehead atoms. The molecular weight excluding hydrogens is 239 g/mol. The molecule has 1 atom stereocenters. The summed E-state index contributed by atoms with van der Waals surface area (Å²) in [4.78, 5) is 13.9. The van der Waals surface area contributed by atoms with Crippen LogP contribution in [0.2, 0.25) is 0 Å². The van der Waals surface area contributed by atoms with Crippen molar-refractivity contribution in [1.29, 1.82) is 0 Å². The van der Waals surface area contributed by atoms with E-state index in [2.05, 4.69) is 4.98 Å². The van der Waals surface area contributed by atoms with Crippen molar-refractivity contribution in [3.05, 3.63) is 17.3 Å². The first-order valence-electron chi connectivity index (χ1n) is 5.12. The molecule has 0 aliphatic heterocycles. The molecule has 1 fully saturated rings. The number of aromatic carboxylic acids is 1. The summed E-state index contributed by atoms with van der Waals surface area (Å²) in [5.74, 6) is -3.04. The molecule has 7 heteroatoms. The van der Waals surface area contributed by atoms with Crippen molar-refractivity contribution in [2.24, 2.45) is 5.92 Å². The van der Waals surface area contributed by atoms with Gasteiger partial charge in [-0.2, -0.15) is 13.2 Å². The number of carbonyl (C=O) groups is 1. The SMILES string of the molecule is CC(c1nc(C(F)(F)F)c(C(=O)O)o1)C1CC1. The van der Waals surface area contributed by atoms with E-state index >= 15 is 0 Å². The highest BCUT2D eigenvalue weighted by atomic mass is 19.4. The molecule has 1 N–H and O–H groups in total. The van der Waals surface area contributed by atoms with Crippen molar-refractivity contribution < 1.29 is 27.5 Å². The highest BCUT2D eigenvalue weighted by molar-refractivity contribution is 5.85. The second-order valence-corrected chi connectivity index (χ2v) is 4.16. The molecule has 1 heterocycles. The monoisotopic (exact) mass is 249 g/mol. The Kier molecular flexibility index (Phi) is 2.63. The van der Waals surface area contributed by atoms with Gasteiger partial charge in [0.15, 0.2) is 11.6 Å². The van der Waals surface area contributed by atoms with E-state index in [4.69, 9.17) is 9.52 Å². The van der Waals surface area contributed by atoms with Crippen LogP contribution in [-0.4, -0.2) is 16.1 Å². The van der Waals surface area contributed by atoms with Crippen LogP contribution in [0.5, 0.6) is 0 Å². The third-order valence-corrected chi connectivity index (χ3v) is 2.83. The van der Waals surface area contributed by atoms with Crippen LogP contribution in [0.15, 0.2) is 4.42 Å². The van der Waals surface area contributed by atoms with Crippen LogP contribution in [0.1, 0.15) is 47.8 Å². The van der Waals surface area contributed by atoms with E-state index < -0.39 is 23.6 Å². The Labute approximate surface area is 94.4 Å². The highest BCUT2D eigenvalue weighted by Crippen LogP contribution is 2.43. The fourth-order valence-electron chi connectivity index (χ4n) is 1.67. The minimum atomic E-state index is -4.81. The second-order valence-electron chi connectivity index (χ2n) is 4.16. The fraction of sp³-hybridized carbons (Fsp3) is 0.600. The van der Waals surface area contributed by atoms with Gasteiger partial charge in [0.05, 0.1) is 0 Å². The van der Waals surface area contributed by atoms with E-state index in [0.717, 1.165) is 12.8 Å². The third-order valence-electron chi connectivity index (χ3n) is 2.83. The van der Waals surface area contributed by atoms with Gasteiger partial charge < -0.3 is 9.52 Å². The standard InChI is InChI=1S/C10H10F3NO3/c1-4(5-2-3-5)8-14-7(10(11,12)13)6(17-8)9(15)16/h4-5H,2-3H2,1H3,(H,15,16). The first-order valence-corrected chi connectivity index (χ1v) is 5.12. The van der Waals surface area contributed by atoms with Gasteiger partial charge in [-0.3, -0.25) is 0 Å². The Bertz CT molecular complexity index is 448. The number of hydrogen-bond donors (Lipinski definition) is 1. The molecule has 0 radical (unpaired) electrons. The van der Waals surface area contributed by atoms with Gasteiger partial charge >= 0.3 is 12.1 Å². The fourth-order valence-corrected chi connectivity index (χ4v) is 1.67. The average Bonchev–Trinajstić information content (AvgIpc) is 2.92. The lowest BCUT2D eigenvalue weighted by atomic mass is 10.1. The first-order chi connectivity index (χ1) is 7.80. The number of carboxylic acid groups (broad SMARTS) is 1. The summed E-state index contributed by atoms with van der Waals surface area (Å²) in [7, 11) is 0. The number of oxazole rings is 1. The number of alkyl halides is 3. The lowest BCUT2D eigenvalue weighted by Crippen LogP contribution is -2.11. The van der Waals surface area contributed by atoms with E-state index in [1.807, 2.05) is 0 Å². The maximum atomic E-state index is 12.5. The first kappa shape index (κ1) is 11.9. The van der Waals surface area contributed by atoms with Gasteiger partial charge in [0.1, 0.15) is 0 Å². The van der Waals surface area contributed by atoms with E-state index in [1.165, 1.54) is 0 Å². The number of carboxylic acids is 1. The molecule has 0 spiro atoms. The molecule has 0 aromatic carbocycles. The number of hydrogen-bond acceptors (Lipinski definition) is 3. The lowest BCUT2D eigenvalue weighted by molar-refractivity contribution is -0.141. The van der Waals surface area contributed by atoms with E-state index in [0.29, 0.717) is 0 Å². The van der Waals surface area contributed by atoms with Gasteiger partial charge in [0, 0.05) is 5.92 Å². The van der Waals surface area contributed by atoms with Crippen molar-refractivity contribution in [3.63, 3.8) is 0 Å². The van der Waals surface area contributed by atoms with Crippen LogP contribution >= 0.6 is 0 Å². The molecule has 4 nitrogen and oxygen atoms in total. The number of nitrogens with zero attached hydrogens (tertiary/aromatic N) is 1. The summed E-state index contributed by atoms with van der Waals surface area (Å²) < 4.78 is 42.3. The maximum Gasteiger partial charge on any atom is 0.437 e. The van der Waals surface area contributed by atoms with Crippen LogP contribution in [-0.2, 0) is 6.18 Å². The summed E-state index contributed by atoms with van der Waals surface area (Å²) in [5.41, 5.74) is -1.45. The predicted molar refractivity (Wildman–Crippen MR) is 49.6 cm³/mol. The Morgan fingerprint density at radius 1 is 1.53 bits per heavy atom. The third kappa shape index (κ3) is 2.27. The van der Waals surface area contributed by atoms with Crippen molar-refractivity contribution in [1.82, 2.24) is 4.98 Å². The normalized spacial score (nSPS) is 18.1. The number of halogens is 3. The van der Waals surface area contributed by atoms with E-state index in [1.54, 1.807) is 6.92 Å². The minimum Gasteiger partial charge on any atom is -0.475 e. The summed E-state index contributed by atoms with van der Waals surface area (Å²) in [5, 5.41) is 8.64. The zero-order chi connectivity index (χ0) is 12.8. The number of rotatable bonds is 3. The molecule has 1 aliphatic carbocycles. The van der Waals surface area contributed by atoms with Crippen LogP contribution in [0.4, 0.5) is 13.2 Å². The molecule has 94 valence electrons. The molecule has 1 unspecified atom stereocenters. The van der Waals surface area contributed by atoms with Crippen LogP contribution in [0.25, 0.3) is 0 Å². The predicted octanol–water partition coefficient (Wildman–Crippen LogP) is 2.91. The Morgan fingerprint density at radius 3 is 2.47 bits per heavy atom. The quantitative estimate of drug-likeness (QED) is 0.894. The summed E-state index contributed by atoms with van der Waals surface area (Å²) in [6.07, 6.45) is -2.99. The summed E-state index contributed by atoms with van der Waals surface area (Å²) >= 11 is 0. The van der Waals surface area contributed by atoms with Gasteiger partial charge in [-0.25, -0.2) is 9.78 Å². The zero-order valence-corrected chi connectivity index (χ0v) is 8.91. The van der Waals surface area contributed by atoms with Crippen LogP contribution < -0.4 is 0 Å². The van der Waals surface area contributed by atoms with Gasteiger partial charge in [0.25, 0.3) is 0 Å². The van der Waals surface area contributed by atoms with E-state index in [9.17, 15) is 18.0 Å². The lowest BCUT2D eigenvalue weighted by Gasteiger charge is -2.03. The molecule has 1 aromatic heterocycles. The van der Waals surface area contributed by atoms with Gasteiger partial charge in [-0.05, 0) is 18.8 Å². The molecule has 0 saturated heterocycles. The molecule has 2 rings (SSSR count). The molecular formula is C10H10F3NO3. The van der Waals surface area contributed by atoms with Crippen molar-refractivity contribution >= 4 is 5.97 Å². The van der Waals surface area contributed by atoms with E-state index in [-0.39, 0.29) is 17.7 Å². The van der Waals surface area contributed by atoms with Crippen molar-refractivity contribution in [2.75, 3.05) is 0 Å². The molecule has 1 saturated carbocycles. The Balaban J connectivity index is 2.40. The smallest absolute Gasteiger partial charge is 0.437 e. The highest BCUT2D eigenvalue weighted by Gasteiger charge is 2.43. The van der Waals surface area contributed by atoms with Crippen LogP contribution in [0.3, 0.4) is 0 Å². The molecule has 0 amide bonds. The van der Waals surface area contributed by atoms with Crippen LogP contribution in [0, 0.1) is 5.92 Å². The summed E-state index contributed by atoms with van der Waals surface area (Å²) in [6, 6.07) is 0. The van der Waals surface area contributed by atoms with Crippen molar-refractivity contribution in [3.8, 4) is 0 Å². The van der Waals surface area contributed by atoms with Gasteiger partial charge in [-0.1, -0.05) is 6.92 Å². The maximum absolute atomic E-state index is 12.5. The second kappa shape index (κ2) is 3.75.